The maximum Gasteiger partial charge on any atom is 0.0718 e. The topological polar surface area (TPSA) is 34.0 Å². The first-order chi connectivity index (χ1) is 20.2. The standard InChI is InChI=1S/C37H30N4/c1-24-19-28(40-27-8-4-3-7-26(21-27)33-22-38-17-15-36(33)40)11-13-30(24)31-14-12-29(20-25(31)2)41-35-10-6-5-9-32(35)34-23-39-18-16-37(34)41/h3-11,13,15-23,27H,12,14H2,1-2H3. The molecule has 5 aromatic rings. The van der Waals surface area contributed by atoms with Gasteiger partial charge in [0.2, 0.25) is 0 Å². The van der Waals surface area contributed by atoms with E-state index in [1.54, 1.807) is 0 Å². The van der Waals surface area contributed by atoms with Crippen LogP contribution in [0.4, 0.5) is 11.4 Å². The van der Waals surface area contributed by atoms with Crippen LogP contribution in [-0.4, -0.2) is 20.6 Å². The summed E-state index contributed by atoms with van der Waals surface area (Å²) in [5, 5.41) is 2.46. The Labute approximate surface area is 240 Å². The maximum absolute atomic E-state index is 4.42. The SMILES string of the molecule is CC1=C(c2ccc(N3c4ccncc4C4=CC3C=CC=C4)cc2C)CCC(n2c3ccccc3c3cnccc32)=C1. The lowest BCUT2D eigenvalue weighted by Crippen LogP contribution is -2.31. The van der Waals surface area contributed by atoms with E-state index in [9.17, 15) is 0 Å². The third kappa shape index (κ3) is 3.75. The molecule has 41 heavy (non-hydrogen) atoms. The van der Waals surface area contributed by atoms with Crippen molar-refractivity contribution in [1.82, 2.24) is 14.5 Å². The van der Waals surface area contributed by atoms with Crippen molar-refractivity contribution < 1.29 is 0 Å². The summed E-state index contributed by atoms with van der Waals surface area (Å²) in [6.07, 6.45) is 23.2. The van der Waals surface area contributed by atoms with Crippen molar-refractivity contribution in [2.24, 2.45) is 0 Å². The van der Waals surface area contributed by atoms with E-state index in [4.69, 9.17) is 0 Å². The number of fused-ring (bicyclic) bond motifs is 6. The predicted molar refractivity (Wildman–Crippen MR) is 171 cm³/mol. The van der Waals surface area contributed by atoms with Crippen molar-refractivity contribution in [2.45, 2.75) is 32.7 Å². The third-order valence-electron chi connectivity index (χ3n) is 8.78. The highest BCUT2D eigenvalue weighted by Crippen LogP contribution is 2.43. The van der Waals surface area contributed by atoms with Crippen molar-refractivity contribution in [3.8, 4) is 0 Å². The number of benzene rings is 2. The molecule has 0 saturated carbocycles. The lowest BCUT2D eigenvalue weighted by atomic mass is 9.88. The molecule has 1 atom stereocenters. The Morgan fingerprint density at radius 1 is 0.805 bits per heavy atom. The molecule has 2 bridgehead atoms. The molecular weight excluding hydrogens is 500 g/mol. The first-order valence-electron chi connectivity index (χ1n) is 14.3. The smallest absolute Gasteiger partial charge is 0.0718 e. The van der Waals surface area contributed by atoms with Crippen molar-refractivity contribution in [2.75, 3.05) is 4.90 Å². The van der Waals surface area contributed by atoms with Crippen LogP contribution in [0, 0.1) is 6.92 Å². The van der Waals surface area contributed by atoms with Gasteiger partial charge in [0.15, 0.2) is 0 Å². The largest absolute Gasteiger partial charge is 0.330 e. The number of rotatable bonds is 3. The molecule has 3 aliphatic rings. The number of aromatic nitrogens is 3. The van der Waals surface area contributed by atoms with Gasteiger partial charge in [-0.15, -0.1) is 0 Å². The highest BCUT2D eigenvalue weighted by atomic mass is 15.2. The number of para-hydroxylation sites is 1. The van der Waals surface area contributed by atoms with E-state index in [0.29, 0.717) is 0 Å². The third-order valence-corrected chi connectivity index (χ3v) is 8.78. The zero-order chi connectivity index (χ0) is 27.5. The summed E-state index contributed by atoms with van der Waals surface area (Å²) in [7, 11) is 0. The molecule has 0 fully saturated rings. The van der Waals surface area contributed by atoms with Gasteiger partial charge in [-0.25, -0.2) is 0 Å². The van der Waals surface area contributed by atoms with E-state index in [1.165, 1.54) is 72.3 Å². The fraction of sp³-hybridized carbons (Fsp3) is 0.135. The second-order valence-corrected chi connectivity index (χ2v) is 11.2. The molecule has 0 radical (unpaired) electrons. The molecule has 3 aromatic heterocycles. The van der Waals surface area contributed by atoms with E-state index in [1.807, 2.05) is 24.8 Å². The molecule has 198 valence electrons. The van der Waals surface area contributed by atoms with Gasteiger partial charge >= 0.3 is 0 Å². The van der Waals surface area contributed by atoms with E-state index in [-0.39, 0.29) is 6.04 Å². The number of pyridine rings is 2. The number of allylic oxidation sites excluding steroid dienone is 8. The van der Waals surface area contributed by atoms with Crippen molar-refractivity contribution in [3.63, 3.8) is 0 Å². The Morgan fingerprint density at radius 2 is 1.66 bits per heavy atom. The molecular formula is C37H30N4. The first-order valence-corrected chi connectivity index (χ1v) is 14.3. The van der Waals surface area contributed by atoms with Gasteiger partial charge < -0.3 is 9.47 Å². The van der Waals surface area contributed by atoms with Crippen molar-refractivity contribution in [3.05, 3.63) is 138 Å². The van der Waals surface area contributed by atoms with E-state index in [0.717, 1.165) is 12.8 Å². The second kappa shape index (κ2) is 9.31. The van der Waals surface area contributed by atoms with Gasteiger partial charge in [0.1, 0.15) is 0 Å². The molecule has 0 saturated heterocycles. The Balaban J connectivity index is 1.19. The van der Waals surface area contributed by atoms with Gasteiger partial charge in [-0.05, 0) is 97.0 Å². The van der Waals surface area contributed by atoms with Crippen LogP contribution in [0.2, 0.25) is 0 Å². The van der Waals surface area contributed by atoms with Crippen LogP contribution in [0.3, 0.4) is 0 Å². The van der Waals surface area contributed by atoms with Gasteiger partial charge in [-0.1, -0.05) is 48.6 Å². The average Bonchev–Trinajstić information content (AvgIpc) is 3.19. The van der Waals surface area contributed by atoms with Gasteiger partial charge in [-0.2, -0.15) is 0 Å². The predicted octanol–water partition coefficient (Wildman–Crippen LogP) is 9.03. The summed E-state index contributed by atoms with van der Waals surface area (Å²) in [4.78, 5) is 11.3. The molecule has 4 heteroatoms. The van der Waals surface area contributed by atoms with Crippen LogP contribution >= 0.6 is 0 Å². The lowest BCUT2D eigenvalue weighted by Gasteiger charge is -2.36. The van der Waals surface area contributed by atoms with Crippen LogP contribution in [-0.2, 0) is 0 Å². The van der Waals surface area contributed by atoms with Gasteiger partial charge in [-0.3, -0.25) is 9.97 Å². The number of nitrogens with zero attached hydrogens (tertiary/aromatic N) is 4. The second-order valence-electron chi connectivity index (χ2n) is 11.2. The summed E-state index contributed by atoms with van der Waals surface area (Å²) in [6, 6.07) is 20.1. The fourth-order valence-corrected chi connectivity index (χ4v) is 6.91. The Hall–Kier alpha value is -4.96. The lowest BCUT2D eigenvalue weighted by molar-refractivity contribution is 0.926. The van der Waals surface area contributed by atoms with E-state index in [2.05, 4.69) is 124 Å². The molecule has 4 heterocycles. The van der Waals surface area contributed by atoms with Crippen LogP contribution in [0.25, 0.3) is 38.6 Å². The van der Waals surface area contributed by atoms with Crippen molar-refractivity contribution in [1.29, 1.82) is 0 Å². The molecule has 1 unspecified atom stereocenters. The molecule has 0 amide bonds. The van der Waals surface area contributed by atoms with Crippen LogP contribution in [0.5, 0.6) is 0 Å². The molecule has 1 aliphatic heterocycles. The molecule has 8 rings (SSSR count). The van der Waals surface area contributed by atoms with E-state index >= 15 is 0 Å². The molecule has 4 nitrogen and oxygen atoms in total. The number of anilines is 2. The quantitative estimate of drug-likeness (QED) is 0.233. The van der Waals surface area contributed by atoms with Crippen LogP contribution < -0.4 is 4.90 Å². The van der Waals surface area contributed by atoms with Crippen LogP contribution in [0.1, 0.15) is 36.5 Å². The maximum atomic E-state index is 4.42. The highest BCUT2D eigenvalue weighted by molar-refractivity contribution is 6.09. The minimum absolute atomic E-state index is 0.169. The summed E-state index contributed by atoms with van der Waals surface area (Å²) in [6.45, 7) is 4.52. The number of hydrogen-bond donors (Lipinski definition) is 0. The number of hydrogen-bond acceptors (Lipinski definition) is 3. The van der Waals surface area contributed by atoms with Gasteiger partial charge in [0.25, 0.3) is 0 Å². The Morgan fingerprint density at radius 3 is 2.56 bits per heavy atom. The zero-order valence-corrected chi connectivity index (χ0v) is 23.3. The summed E-state index contributed by atoms with van der Waals surface area (Å²) < 4.78 is 2.43. The molecule has 2 aliphatic carbocycles. The summed E-state index contributed by atoms with van der Waals surface area (Å²) >= 11 is 0. The van der Waals surface area contributed by atoms with Gasteiger partial charge in [0.05, 0.1) is 22.8 Å². The van der Waals surface area contributed by atoms with Crippen LogP contribution in [0.15, 0.2) is 121 Å². The monoisotopic (exact) mass is 530 g/mol. The minimum Gasteiger partial charge on any atom is -0.330 e. The normalized spacial score (nSPS) is 18.0. The minimum atomic E-state index is 0.169. The molecule has 0 spiro atoms. The molecule has 0 N–H and O–H groups in total. The van der Waals surface area contributed by atoms with Crippen molar-refractivity contribution >= 4 is 50.0 Å². The number of aryl methyl sites for hydroxylation is 1. The summed E-state index contributed by atoms with van der Waals surface area (Å²) in [5.74, 6) is 0. The zero-order valence-electron chi connectivity index (χ0n) is 23.3. The summed E-state index contributed by atoms with van der Waals surface area (Å²) in [5.41, 5.74) is 14.0. The fourth-order valence-electron chi connectivity index (χ4n) is 6.91. The van der Waals surface area contributed by atoms with E-state index < -0.39 is 0 Å². The Bertz CT molecular complexity index is 1980. The van der Waals surface area contributed by atoms with Gasteiger partial charge in [0, 0.05) is 52.5 Å². The first kappa shape index (κ1) is 23.9. The average molecular weight is 531 g/mol. The Kier molecular flexibility index (Phi) is 5.42. The highest BCUT2D eigenvalue weighted by Gasteiger charge is 2.27. The molecule has 2 aromatic carbocycles.